The smallest absolute Gasteiger partial charge is 0.410 e. The van der Waals surface area contributed by atoms with E-state index in [1.54, 1.807) is 23.6 Å². The van der Waals surface area contributed by atoms with Crippen molar-refractivity contribution < 1.29 is 19.1 Å². The number of hydrogen-bond donors (Lipinski definition) is 0. The Morgan fingerprint density at radius 3 is 2.00 bits per heavy atom. The molecule has 1 heterocycles. The largest absolute Gasteiger partial charge is 0.478 e. The highest BCUT2D eigenvalue weighted by Gasteiger charge is 2.36. The Morgan fingerprint density at radius 1 is 0.857 bits per heavy atom. The minimum Gasteiger partial charge on any atom is -0.478 e. The molecule has 0 saturated carbocycles. The zero-order chi connectivity index (χ0) is 20.0. The number of carbonyl (C=O) groups is 2. The molecule has 0 unspecified atom stereocenters. The summed E-state index contributed by atoms with van der Waals surface area (Å²) in [4.78, 5) is 28.5. The predicted molar refractivity (Wildman–Crippen MR) is 106 cm³/mol. The van der Waals surface area contributed by atoms with Gasteiger partial charge in [0.2, 0.25) is 0 Å². The monoisotopic (exact) mass is 382 g/mol. The summed E-state index contributed by atoms with van der Waals surface area (Å²) in [5.74, 6) is 0.567. The second-order valence-corrected chi connectivity index (χ2v) is 7.24. The van der Waals surface area contributed by atoms with Gasteiger partial charge in [-0.25, -0.2) is 4.79 Å². The van der Waals surface area contributed by atoms with Crippen LogP contribution in [0.15, 0.2) is 60.7 Å². The summed E-state index contributed by atoms with van der Waals surface area (Å²) < 4.78 is 11.3. The molecule has 0 aliphatic carbocycles. The summed E-state index contributed by atoms with van der Waals surface area (Å²) in [7, 11) is 0. The third-order valence-corrected chi connectivity index (χ3v) is 4.66. The molecule has 1 aliphatic rings. The fraction of sp³-hybridized carbons (Fsp3) is 0.364. The molecule has 28 heavy (non-hydrogen) atoms. The molecular weight excluding hydrogens is 356 g/mol. The van der Waals surface area contributed by atoms with Gasteiger partial charge in [-0.3, -0.25) is 4.79 Å². The highest BCUT2D eigenvalue weighted by Crippen LogP contribution is 2.21. The minimum absolute atomic E-state index is 0.0892. The highest BCUT2D eigenvalue weighted by atomic mass is 16.6. The molecule has 1 aliphatic heterocycles. The summed E-state index contributed by atoms with van der Waals surface area (Å²) >= 11 is 0. The van der Waals surface area contributed by atoms with Gasteiger partial charge in [-0.15, -0.1) is 0 Å². The summed E-state index contributed by atoms with van der Waals surface area (Å²) in [5.41, 5.74) is -0.0263. The van der Waals surface area contributed by atoms with Gasteiger partial charge in [0, 0.05) is 26.2 Å². The molecule has 3 rings (SSSR count). The van der Waals surface area contributed by atoms with Crippen molar-refractivity contribution in [1.82, 2.24) is 9.80 Å². The Labute approximate surface area is 165 Å². The molecule has 0 radical (unpaired) electrons. The first-order chi connectivity index (χ1) is 13.5. The van der Waals surface area contributed by atoms with E-state index in [-0.39, 0.29) is 18.6 Å². The van der Waals surface area contributed by atoms with E-state index in [0.717, 1.165) is 5.56 Å². The predicted octanol–water partition coefficient (Wildman–Crippen LogP) is 3.33. The lowest BCUT2D eigenvalue weighted by Crippen LogP contribution is -2.56. The summed E-state index contributed by atoms with van der Waals surface area (Å²) in [6.07, 6.45) is -0.351. The van der Waals surface area contributed by atoms with E-state index in [9.17, 15) is 9.59 Å². The lowest BCUT2D eigenvalue weighted by Gasteiger charge is -2.38. The number of carbonyl (C=O) groups excluding carboxylic acids is 2. The number of benzene rings is 2. The maximum atomic E-state index is 12.9. The number of hydrogen-bond acceptors (Lipinski definition) is 4. The quantitative estimate of drug-likeness (QED) is 0.796. The molecular formula is C22H26N2O4. The number of rotatable bonds is 5. The zero-order valence-electron chi connectivity index (χ0n) is 16.3. The molecule has 2 aromatic rings. The van der Waals surface area contributed by atoms with Crippen LogP contribution in [0.2, 0.25) is 0 Å². The van der Waals surface area contributed by atoms with Crippen LogP contribution in [0.3, 0.4) is 0 Å². The van der Waals surface area contributed by atoms with Gasteiger partial charge in [0.1, 0.15) is 12.4 Å². The molecule has 0 atom stereocenters. The second-order valence-electron chi connectivity index (χ2n) is 7.24. The van der Waals surface area contributed by atoms with Crippen LogP contribution >= 0.6 is 0 Å². The maximum absolute atomic E-state index is 12.9. The van der Waals surface area contributed by atoms with E-state index in [0.29, 0.717) is 31.9 Å². The molecule has 0 N–H and O–H groups in total. The SMILES string of the molecule is CC(C)(Oc1ccccc1)C(=O)N1CCN(C(=O)OCc2ccccc2)CC1. The summed E-state index contributed by atoms with van der Waals surface area (Å²) in [5, 5.41) is 0. The van der Waals surface area contributed by atoms with Gasteiger partial charge in [0.05, 0.1) is 0 Å². The van der Waals surface area contributed by atoms with E-state index in [1.165, 1.54) is 0 Å². The van der Waals surface area contributed by atoms with Crippen LogP contribution in [0.4, 0.5) is 4.79 Å². The molecule has 0 spiro atoms. The third kappa shape index (κ3) is 5.03. The Balaban J connectivity index is 1.48. The van der Waals surface area contributed by atoms with Crippen LogP contribution in [-0.4, -0.2) is 53.6 Å². The van der Waals surface area contributed by atoms with Crippen molar-refractivity contribution in [3.63, 3.8) is 0 Å². The standard InChI is InChI=1S/C22H26N2O4/c1-22(2,28-19-11-7-4-8-12-19)20(25)23-13-15-24(16-14-23)21(26)27-17-18-9-5-3-6-10-18/h3-12H,13-17H2,1-2H3. The van der Waals surface area contributed by atoms with E-state index < -0.39 is 5.60 Å². The molecule has 6 nitrogen and oxygen atoms in total. The fourth-order valence-corrected chi connectivity index (χ4v) is 3.11. The van der Waals surface area contributed by atoms with Crippen molar-refractivity contribution in [1.29, 1.82) is 0 Å². The van der Waals surface area contributed by atoms with Crippen LogP contribution in [0.5, 0.6) is 5.75 Å². The second kappa shape index (κ2) is 8.78. The lowest BCUT2D eigenvalue weighted by molar-refractivity contribution is -0.147. The maximum Gasteiger partial charge on any atom is 0.410 e. The molecule has 148 valence electrons. The Bertz CT molecular complexity index is 785. The van der Waals surface area contributed by atoms with Crippen molar-refractivity contribution in [2.45, 2.75) is 26.1 Å². The topological polar surface area (TPSA) is 59.1 Å². The first kappa shape index (κ1) is 19.7. The van der Waals surface area contributed by atoms with Crippen molar-refractivity contribution in [3.8, 4) is 5.75 Å². The molecule has 1 saturated heterocycles. The van der Waals surface area contributed by atoms with E-state index >= 15 is 0 Å². The van der Waals surface area contributed by atoms with Crippen LogP contribution in [0.25, 0.3) is 0 Å². The Morgan fingerprint density at radius 2 is 1.39 bits per heavy atom. The Hall–Kier alpha value is -3.02. The lowest BCUT2D eigenvalue weighted by atomic mass is 10.1. The van der Waals surface area contributed by atoms with Gasteiger partial charge in [0.15, 0.2) is 5.60 Å². The number of para-hydroxylation sites is 1. The van der Waals surface area contributed by atoms with Crippen molar-refractivity contribution in [2.24, 2.45) is 0 Å². The van der Waals surface area contributed by atoms with Gasteiger partial charge in [0.25, 0.3) is 5.91 Å². The Kier molecular flexibility index (Phi) is 6.19. The van der Waals surface area contributed by atoms with Gasteiger partial charge in [-0.2, -0.15) is 0 Å². The minimum atomic E-state index is -0.975. The van der Waals surface area contributed by atoms with Crippen LogP contribution in [0.1, 0.15) is 19.4 Å². The number of amides is 2. The van der Waals surface area contributed by atoms with Gasteiger partial charge in [-0.05, 0) is 31.5 Å². The summed E-state index contributed by atoms with van der Waals surface area (Å²) in [6.45, 7) is 5.59. The molecule has 6 heteroatoms. The van der Waals surface area contributed by atoms with E-state index in [2.05, 4.69) is 0 Å². The number of nitrogens with zero attached hydrogens (tertiary/aromatic N) is 2. The number of ether oxygens (including phenoxy) is 2. The van der Waals surface area contributed by atoms with Crippen LogP contribution < -0.4 is 4.74 Å². The van der Waals surface area contributed by atoms with Gasteiger partial charge in [-0.1, -0.05) is 48.5 Å². The van der Waals surface area contributed by atoms with Crippen molar-refractivity contribution in [3.05, 3.63) is 66.2 Å². The fourth-order valence-electron chi connectivity index (χ4n) is 3.11. The van der Waals surface area contributed by atoms with Crippen molar-refractivity contribution in [2.75, 3.05) is 26.2 Å². The van der Waals surface area contributed by atoms with Crippen LogP contribution in [-0.2, 0) is 16.1 Å². The first-order valence-corrected chi connectivity index (χ1v) is 9.45. The first-order valence-electron chi connectivity index (χ1n) is 9.45. The summed E-state index contributed by atoms with van der Waals surface area (Å²) in [6, 6.07) is 18.9. The molecule has 0 aromatic heterocycles. The van der Waals surface area contributed by atoms with E-state index in [4.69, 9.17) is 9.47 Å². The molecule has 0 bridgehead atoms. The average Bonchev–Trinajstić information content (AvgIpc) is 2.73. The molecule has 2 amide bonds. The van der Waals surface area contributed by atoms with E-state index in [1.807, 2.05) is 60.7 Å². The van der Waals surface area contributed by atoms with Crippen LogP contribution in [0, 0.1) is 0 Å². The average molecular weight is 382 g/mol. The van der Waals surface area contributed by atoms with Crippen molar-refractivity contribution >= 4 is 12.0 Å². The number of piperazine rings is 1. The molecule has 1 fully saturated rings. The zero-order valence-corrected chi connectivity index (χ0v) is 16.3. The van der Waals surface area contributed by atoms with Gasteiger partial charge < -0.3 is 19.3 Å². The normalized spacial score (nSPS) is 14.5. The highest BCUT2D eigenvalue weighted by molar-refractivity contribution is 5.85. The van der Waals surface area contributed by atoms with Gasteiger partial charge >= 0.3 is 6.09 Å². The molecule has 2 aromatic carbocycles. The third-order valence-electron chi connectivity index (χ3n) is 4.66.